The summed E-state index contributed by atoms with van der Waals surface area (Å²) in [5, 5.41) is 1.15. The molecule has 0 aliphatic heterocycles. The molecule has 2 aromatic heterocycles. The molecule has 0 radical (unpaired) electrons. The number of benzene rings is 1. The largest absolute Gasteiger partial charge is 0.279 e. The molecule has 21 heavy (non-hydrogen) atoms. The maximum Gasteiger partial charge on any atom is 0.164 e. The van der Waals surface area contributed by atoms with Crippen molar-refractivity contribution in [2.24, 2.45) is 0 Å². The zero-order valence-electron chi connectivity index (χ0n) is 11.3. The van der Waals surface area contributed by atoms with Crippen molar-refractivity contribution in [2.45, 2.75) is 13.3 Å². The number of hydrogen-bond donors (Lipinski definition) is 0. The first-order chi connectivity index (χ1) is 10.1. The molecule has 3 rings (SSSR count). The van der Waals surface area contributed by atoms with Crippen molar-refractivity contribution < 1.29 is 0 Å². The molecule has 3 aromatic rings. The third-order valence-corrected chi connectivity index (χ3v) is 3.90. The highest BCUT2D eigenvalue weighted by molar-refractivity contribution is 6.35. The molecule has 0 unspecified atom stereocenters. The Morgan fingerprint density at radius 2 is 2.00 bits per heavy atom. The lowest BCUT2D eigenvalue weighted by Crippen LogP contribution is -2.03. The molecule has 0 atom stereocenters. The molecule has 3 nitrogen and oxygen atoms in total. The van der Waals surface area contributed by atoms with Crippen molar-refractivity contribution in [1.29, 1.82) is 0 Å². The molecule has 0 aliphatic rings. The van der Waals surface area contributed by atoms with E-state index in [1.807, 2.05) is 29.8 Å². The molecule has 0 fully saturated rings. The Morgan fingerprint density at radius 3 is 2.71 bits per heavy atom. The van der Waals surface area contributed by atoms with Gasteiger partial charge in [0.05, 0.1) is 10.7 Å². The smallest absolute Gasteiger partial charge is 0.164 e. The van der Waals surface area contributed by atoms with Gasteiger partial charge in [0.25, 0.3) is 0 Å². The van der Waals surface area contributed by atoms with Gasteiger partial charge >= 0.3 is 0 Å². The van der Waals surface area contributed by atoms with E-state index in [4.69, 9.17) is 34.8 Å². The minimum atomic E-state index is 0.480. The van der Waals surface area contributed by atoms with Gasteiger partial charge in [-0.3, -0.25) is 4.57 Å². The van der Waals surface area contributed by atoms with Crippen LogP contribution in [0.1, 0.15) is 11.4 Å². The lowest BCUT2D eigenvalue weighted by Gasteiger charge is -2.10. The van der Waals surface area contributed by atoms with Crippen LogP contribution in [0.3, 0.4) is 0 Å². The van der Waals surface area contributed by atoms with Crippen LogP contribution < -0.4 is 0 Å². The minimum Gasteiger partial charge on any atom is -0.279 e. The number of rotatable bonds is 3. The van der Waals surface area contributed by atoms with Gasteiger partial charge < -0.3 is 0 Å². The molecular formula is C15H12Cl3N3. The van der Waals surface area contributed by atoms with Crippen molar-refractivity contribution in [1.82, 2.24) is 14.5 Å². The van der Waals surface area contributed by atoms with Gasteiger partial charge in [0.2, 0.25) is 0 Å². The normalized spacial score (nSPS) is 11.2. The van der Waals surface area contributed by atoms with E-state index in [0.29, 0.717) is 22.3 Å². The molecule has 0 bridgehead atoms. The Bertz CT molecular complexity index is 811. The van der Waals surface area contributed by atoms with Crippen molar-refractivity contribution in [3.63, 3.8) is 0 Å². The number of halogens is 3. The summed E-state index contributed by atoms with van der Waals surface area (Å²) in [6, 6.07) is 7.38. The SMILES string of the molecule is Cc1cnc2c(c1)nc(CCCl)n2-c1ccc(Cl)cc1Cl. The van der Waals surface area contributed by atoms with Gasteiger partial charge in [0.15, 0.2) is 5.65 Å². The van der Waals surface area contributed by atoms with E-state index < -0.39 is 0 Å². The average molecular weight is 341 g/mol. The molecular weight excluding hydrogens is 329 g/mol. The van der Waals surface area contributed by atoms with Crippen LogP contribution in [0.2, 0.25) is 10.0 Å². The number of hydrogen-bond acceptors (Lipinski definition) is 2. The second kappa shape index (κ2) is 5.84. The molecule has 0 spiro atoms. The Kier molecular flexibility index (Phi) is 4.07. The van der Waals surface area contributed by atoms with E-state index in [2.05, 4.69) is 9.97 Å². The van der Waals surface area contributed by atoms with Crippen LogP contribution >= 0.6 is 34.8 Å². The first-order valence-corrected chi connectivity index (χ1v) is 7.74. The number of fused-ring (bicyclic) bond motifs is 1. The number of imidazole rings is 1. The third kappa shape index (κ3) is 2.73. The van der Waals surface area contributed by atoms with Crippen molar-refractivity contribution in [3.05, 3.63) is 51.9 Å². The molecule has 2 heterocycles. The summed E-state index contributed by atoms with van der Waals surface area (Å²) in [5.41, 5.74) is 3.47. The summed E-state index contributed by atoms with van der Waals surface area (Å²) in [6.07, 6.45) is 2.45. The number of alkyl halides is 1. The van der Waals surface area contributed by atoms with Crippen LogP contribution in [0, 0.1) is 6.92 Å². The Hall–Kier alpha value is -1.29. The molecule has 0 saturated carbocycles. The van der Waals surface area contributed by atoms with E-state index in [0.717, 1.165) is 28.2 Å². The zero-order chi connectivity index (χ0) is 15.0. The highest BCUT2D eigenvalue weighted by atomic mass is 35.5. The van der Waals surface area contributed by atoms with E-state index >= 15 is 0 Å². The lowest BCUT2D eigenvalue weighted by molar-refractivity contribution is 0.905. The van der Waals surface area contributed by atoms with Gasteiger partial charge in [-0.05, 0) is 36.8 Å². The van der Waals surface area contributed by atoms with Crippen LogP contribution in [-0.2, 0) is 6.42 Å². The molecule has 6 heteroatoms. The van der Waals surface area contributed by atoms with Crippen LogP contribution in [0.4, 0.5) is 0 Å². The Balaban J connectivity index is 2.30. The van der Waals surface area contributed by atoms with Crippen molar-refractivity contribution in [3.8, 4) is 5.69 Å². The van der Waals surface area contributed by atoms with E-state index in [-0.39, 0.29) is 0 Å². The van der Waals surface area contributed by atoms with E-state index in [1.54, 1.807) is 12.1 Å². The summed E-state index contributed by atoms with van der Waals surface area (Å²) < 4.78 is 1.94. The molecule has 0 saturated heterocycles. The first-order valence-electron chi connectivity index (χ1n) is 6.45. The number of aromatic nitrogens is 3. The standard InChI is InChI=1S/C15H12Cl3N3/c1-9-6-12-15(19-8-9)21(14(20-12)4-5-16)13-3-2-10(17)7-11(13)18/h2-3,6-8H,4-5H2,1H3. The summed E-state index contributed by atoms with van der Waals surface area (Å²) >= 11 is 18.2. The number of aryl methyl sites for hydroxylation is 2. The summed E-state index contributed by atoms with van der Waals surface area (Å²) in [5.74, 6) is 1.32. The van der Waals surface area contributed by atoms with Gasteiger partial charge in [-0.2, -0.15) is 0 Å². The van der Waals surface area contributed by atoms with Crippen molar-refractivity contribution >= 4 is 46.0 Å². The second-order valence-corrected chi connectivity index (χ2v) is 5.98. The maximum atomic E-state index is 6.33. The molecule has 0 N–H and O–H groups in total. The van der Waals surface area contributed by atoms with E-state index in [1.165, 1.54) is 0 Å². The fourth-order valence-electron chi connectivity index (χ4n) is 2.28. The Morgan fingerprint density at radius 1 is 1.19 bits per heavy atom. The van der Waals surface area contributed by atoms with Gasteiger partial charge in [0.1, 0.15) is 11.3 Å². The van der Waals surface area contributed by atoms with Crippen molar-refractivity contribution in [2.75, 3.05) is 5.88 Å². The first kappa shape index (κ1) is 14.6. The fourth-order valence-corrected chi connectivity index (χ4v) is 2.94. The van der Waals surface area contributed by atoms with Gasteiger partial charge in [-0.25, -0.2) is 9.97 Å². The number of nitrogens with zero attached hydrogens (tertiary/aromatic N) is 3. The zero-order valence-corrected chi connectivity index (χ0v) is 13.5. The lowest BCUT2D eigenvalue weighted by atomic mass is 10.3. The summed E-state index contributed by atoms with van der Waals surface area (Å²) in [7, 11) is 0. The molecule has 0 amide bonds. The predicted octanol–water partition coefficient (Wildman–Crippen LogP) is 4.82. The maximum absolute atomic E-state index is 6.33. The molecule has 1 aromatic carbocycles. The molecule has 0 aliphatic carbocycles. The summed E-state index contributed by atoms with van der Waals surface area (Å²) in [4.78, 5) is 9.12. The quantitative estimate of drug-likeness (QED) is 0.640. The van der Waals surface area contributed by atoms with Crippen LogP contribution in [-0.4, -0.2) is 20.4 Å². The fraction of sp³-hybridized carbons (Fsp3) is 0.200. The Labute approximate surface area is 137 Å². The van der Waals surface area contributed by atoms with Crippen LogP contribution in [0.25, 0.3) is 16.9 Å². The highest BCUT2D eigenvalue weighted by Gasteiger charge is 2.15. The van der Waals surface area contributed by atoms with Gasteiger partial charge in [0, 0.05) is 23.5 Å². The topological polar surface area (TPSA) is 30.7 Å². The van der Waals surface area contributed by atoms with Crippen LogP contribution in [0.5, 0.6) is 0 Å². The highest BCUT2D eigenvalue weighted by Crippen LogP contribution is 2.29. The predicted molar refractivity (Wildman–Crippen MR) is 88.0 cm³/mol. The third-order valence-electron chi connectivity index (χ3n) is 3.17. The monoisotopic (exact) mass is 339 g/mol. The van der Waals surface area contributed by atoms with Crippen LogP contribution in [0.15, 0.2) is 30.5 Å². The van der Waals surface area contributed by atoms with Gasteiger partial charge in [-0.1, -0.05) is 23.2 Å². The number of pyridine rings is 1. The average Bonchev–Trinajstić information content (AvgIpc) is 2.76. The van der Waals surface area contributed by atoms with E-state index in [9.17, 15) is 0 Å². The molecule has 108 valence electrons. The summed E-state index contributed by atoms with van der Waals surface area (Å²) in [6.45, 7) is 1.99. The van der Waals surface area contributed by atoms with Gasteiger partial charge in [-0.15, -0.1) is 11.6 Å². The second-order valence-electron chi connectivity index (χ2n) is 4.75. The minimum absolute atomic E-state index is 0.480.